The molecule has 112 valence electrons. The quantitative estimate of drug-likeness (QED) is 0.666. The number of carbonyl (C=O) groups is 1. The first kappa shape index (κ1) is 14.1. The first-order valence-corrected chi connectivity index (χ1v) is 7.22. The van der Waals surface area contributed by atoms with Crippen LogP contribution in [0.25, 0.3) is 11.3 Å². The topological polar surface area (TPSA) is 82.7 Å². The Hall–Kier alpha value is -2.81. The Kier molecular flexibility index (Phi) is 3.79. The average Bonchev–Trinajstić information content (AvgIpc) is 2.84. The number of anilines is 1. The second-order valence-corrected chi connectivity index (χ2v) is 5.52. The first-order valence-electron chi connectivity index (χ1n) is 7.22. The summed E-state index contributed by atoms with van der Waals surface area (Å²) in [6.45, 7) is 0. The van der Waals surface area contributed by atoms with Crippen LogP contribution in [0.1, 0.15) is 12.8 Å². The fraction of sp³-hybridized carbons (Fsp3) is 0.312. The molecule has 3 rings (SSSR count). The maximum Gasteiger partial charge on any atom is 0.228 e. The maximum absolute atomic E-state index is 12.2. The van der Waals surface area contributed by atoms with Gasteiger partial charge < -0.3 is 10.6 Å². The van der Waals surface area contributed by atoms with E-state index in [1.807, 2.05) is 49.6 Å². The van der Waals surface area contributed by atoms with E-state index in [9.17, 15) is 4.79 Å². The molecule has 0 bridgehead atoms. The van der Waals surface area contributed by atoms with Gasteiger partial charge in [-0.15, -0.1) is 0 Å². The lowest BCUT2D eigenvalue weighted by Gasteiger charge is -2.32. The minimum Gasteiger partial charge on any atom is -0.321 e. The van der Waals surface area contributed by atoms with Crippen LogP contribution in [0.4, 0.5) is 5.82 Å². The van der Waals surface area contributed by atoms with E-state index in [1.54, 1.807) is 4.68 Å². The Balaban J connectivity index is 1.65. The third-order valence-corrected chi connectivity index (χ3v) is 3.98. The fourth-order valence-corrected chi connectivity index (χ4v) is 2.60. The van der Waals surface area contributed by atoms with Crippen molar-refractivity contribution in [2.24, 2.45) is 13.0 Å². The second-order valence-electron chi connectivity index (χ2n) is 5.52. The Bertz CT molecular complexity index is 710. The van der Waals surface area contributed by atoms with Gasteiger partial charge in [0.05, 0.1) is 5.69 Å². The number of nitrogens with one attached hydrogen (secondary N) is 2. The lowest BCUT2D eigenvalue weighted by molar-refractivity contribution is -0.122. The van der Waals surface area contributed by atoms with Crippen LogP contribution >= 0.6 is 0 Å². The van der Waals surface area contributed by atoms with Crippen molar-refractivity contribution in [3.8, 4) is 17.5 Å². The second kappa shape index (κ2) is 5.90. The van der Waals surface area contributed by atoms with Gasteiger partial charge in [-0.05, 0) is 12.8 Å². The molecule has 1 fully saturated rings. The molecule has 0 spiro atoms. The van der Waals surface area contributed by atoms with Crippen molar-refractivity contribution in [3.05, 3.63) is 36.4 Å². The van der Waals surface area contributed by atoms with Gasteiger partial charge in [0.25, 0.3) is 0 Å². The van der Waals surface area contributed by atoms with Gasteiger partial charge in [-0.1, -0.05) is 30.3 Å². The Labute approximate surface area is 128 Å². The summed E-state index contributed by atoms with van der Waals surface area (Å²) in [5.41, 5.74) is 1.84. The summed E-state index contributed by atoms with van der Waals surface area (Å²) in [4.78, 5) is 12.2. The molecule has 1 aromatic heterocycles. The smallest absolute Gasteiger partial charge is 0.228 e. The van der Waals surface area contributed by atoms with Crippen LogP contribution in [0, 0.1) is 17.4 Å². The molecule has 6 nitrogen and oxygen atoms in total. The molecule has 1 aliphatic carbocycles. The minimum absolute atomic E-state index is 0.0152. The van der Waals surface area contributed by atoms with E-state index in [-0.39, 0.29) is 17.9 Å². The van der Waals surface area contributed by atoms with Crippen molar-refractivity contribution in [3.63, 3.8) is 0 Å². The number of hydrogen-bond donors (Lipinski definition) is 2. The molecular weight excluding hydrogens is 278 g/mol. The van der Waals surface area contributed by atoms with Crippen LogP contribution in [0.3, 0.4) is 0 Å². The molecular formula is C16H17N5O. The van der Waals surface area contributed by atoms with Gasteiger partial charge in [0.2, 0.25) is 5.91 Å². The highest BCUT2D eigenvalue weighted by Gasteiger charge is 2.34. The average molecular weight is 295 g/mol. The number of rotatable bonds is 4. The molecule has 1 heterocycles. The van der Waals surface area contributed by atoms with Crippen molar-refractivity contribution in [2.45, 2.75) is 18.9 Å². The van der Waals surface area contributed by atoms with Gasteiger partial charge in [0, 0.05) is 30.6 Å². The molecule has 2 N–H and O–H groups in total. The van der Waals surface area contributed by atoms with Crippen LogP contribution in [0.5, 0.6) is 0 Å². The van der Waals surface area contributed by atoms with Gasteiger partial charge >= 0.3 is 0 Å². The predicted molar refractivity (Wildman–Crippen MR) is 82.5 cm³/mol. The molecule has 1 saturated carbocycles. The number of nitrogens with zero attached hydrogens (tertiary/aromatic N) is 3. The zero-order chi connectivity index (χ0) is 15.5. The van der Waals surface area contributed by atoms with Gasteiger partial charge in [0.1, 0.15) is 5.82 Å². The third-order valence-electron chi connectivity index (χ3n) is 3.98. The van der Waals surface area contributed by atoms with E-state index in [0.717, 1.165) is 11.3 Å². The van der Waals surface area contributed by atoms with Crippen LogP contribution in [-0.2, 0) is 11.8 Å². The van der Waals surface area contributed by atoms with E-state index in [1.165, 1.54) is 0 Å². The van der Waals surface area contributed by atoms with Crippen molar-refractivity contribution in [2.75, 3.05) is 5.32 Å². The van der Waals surface area contributed by atoms with E-state index in [4.69, 9.17) is 5.26 Å². The molecule has 0 atom stereocenters. The zero-order valence-corrected chi connectivity index (χ0v) is 12.3. The summed E-state index contributed by atoms with van der Waals surface area (Å²) in [5.74, 6) is 0.625. The molecule has 0 radical (unpaired) electrons. The third kappa shape index (κ3) is 2.79. The van der Waals surface area contributed by atoms with Gasteiger partial charge in [-0.3, -0.25) is 9.48 Å². The van der Waals surface area contributed by atoms with Gasteiger partial charge in [-0.2, -0.15) is 10.4 Å². The first-order chi connectivity index (χ1) is 10.7. The van der Waals surface area contributed by atoms with E-state index in [0.29, 0.717) is 18.7 Å². The lowest BCUT2D eigenvalue weighted by atomic mass is 9.80. The molecule has 0 aliphatic heterocycles. The Morgan fingerprint density at radius 1 is 1.36 bits per heavy atom. The van der Waals surface area contributed by atoms with Crippen molar-refractivity contribution in [1.82, 2.24) is 15.1 Å². The highest BCUT2D eigenvalue weighted by Crippen LogP contribution is 2.29. The molecule has 1 amide bonds. The molecule has 6 heteroatoms. The lowest BCUT2D eigenvalue weighted by Crippen LogP contribution is -2.44. The summed E-state index contributed by atoms with van der Waals surface area (Å²) in [7, 11) is 1.81. The van der Waals surface area contributed by atoms with Crippen LogP contribution < -0.4 is 10.6 Å². The highest BCUT2D eigenvalue weighted by atomic mass is 16.2. The summed E-state index contributed by atoms with van der Waals surface area (Å²) < 4.78 is 1.67. The van der Waals surface area contributed by atoms with Gasteiger partial charge in [-0.25, -0.2) is 0 Å². The van der Waals surface area contributed by atoms with E-state index in [2.05, 4.69) is 15.7 Å². The molecule has 22 heavy (non-hydrogen) atoms. The maximum atomic E-state index is 12.2. The Morgan fingerprint density at radius 3 is 2.77 bits per heavy atom. The molecule has 2 aromatic rings. The van der Waals surface area contributed by atoms with Crippen LogP contribution in [0.15, 0.2) is 36.4 Å². The van der Waals surface area contributed by atoms with Crippen LogP contribution in [0.2, 0.25) is 0 Å². The number of nitriles is 1. The largest absolute Gasteiger partial charge is 0.321 e. The van der Waals surface area contributed by atoms with E-state index >= 15 is 0 Å². The van der Waals surface area contributed by atoms with Crippen molar-refractivity contribution < 1.29 is 4.79 Å². The molecule has 0 unspecified atom stereocenters. The van der Waals surface area contributed by atoms with Gasteiger partial charge in [0.15, 0.2) is 6.19 Å². The standard InChI is InChI=1S/C16H17N5O/c1-21-15(9-14(20-21)11-5-3-2-4-6-11)19-16(22)12-7-13(8-12)18-10-17/h2-6,9,12-13,18H,7-8H2,1H3,(H,19,22). The summed E-state index contributed by atoms with van der Waals surface area (Å²) in [5, 5.41) is 18.6. The number of amides is 1. The zero-order valence-electron chi connectivity index (χ0n) is 12.3. The van der Waals surface area contributed by atoms with Crippen molar-refractivity contribution >= 4 is 11.7 Å². The number of hydrogen-bond acceptors (Lipinski definition) is 4. The summed E-state index contributed by atoms with van der Waals surface area (Å²) >= 11 is 0. The Morgan fingerprint density at radius 2 is 2.09 bits per heavy atom. The number of aromatic nitrogens is 2. The molecule has 1 aliphatic rings. The summed E-state index contributed by atoms with van der Waals surface area (Å²) in [6.07, 6.45) is 3.31. The number of benzene rings is 1. The fourth-order valence-electron chi connectivity index (χ4n) is 2.60. The highest BCUT2D eigenvalue weighted by molar-refractivity contribution is 5.93. The van der Waals surface area contributed by atoms with E-state index < -0.39 is 0 Å². The number of carbonyl (C=O) groups excluding carboxylic acids is 1. The van der Waals surface area contributed by atoms with Crippen LogP contribution in [-0.4, -0.2) is 21.7 Å². The summed E-state index contributed by atoms with van der Waals surface area (Å²) in [6, 6.07) is 11.8. The monoisotopic (exact) mass is 295 g/mol. The SMILES string of the molecule is Cn1nc(-c2ccccc2)cc1NC(=O)C1CC(NC#N)C1. The predicted octanol–water partition coefficient (Wildman–Crippen LogP) is 1.87. The van der Waals surface area contributed by atoms with Crippen molar-refractivity contribution in [1.29, 1.82) is 5.26 Å². The number of aryl methyl sites for hydroxylation is 1. The minimum atomic E-state index is -0.0408. The molecule has 0 saturated heterocycles. The normalized spacial score (nSPS) is 19.8. The molecule has 1 aromatic carbocycles.